The minimum atomic E-state index is -0.220. The molecule has 0 fully saturated rings. The van der Waals surface area contributed by atoms with Crippen molar-refractivity contribution in [2.45, 2.75) is 40.3 Å². The Morgan fingerprint density at radius 2 is 1.64 bits per heavy atom. The van der Waals surface area contributed by atoms with Crippen molar-refractivity contribution in [3.63, 3.8) is 0 Å². The standard InChI is InChI=1S/C28H31N3O2/c1-18(2)15-16-31-26(24-7-5-6-8-25(24)28(31)33)29-22-13-10-21(11-14-22)27(32)30-23-12-9-19(3)20(4)17-23/h5-14,17-18,26,29H,15-16H2,1-4H3,(H,30,32). The maximum absolute atomic E-state index is 13.0. The number of fused-ring (bicyclic) bond motifs is 1. The molecule has 0 aromatic heterocycles. The van der Waals surface area contributed by atoms with Gasteiger partial charge in [0.25, 0.3) is 11.8 Å². The molecule has 4 rings (SSSR count). The van der Waals surface area contributed by atoms with Gasteiger partial charge in [-0.1, -0.05) is 38.1 Å². The van der Waals surface area contributed by atoms with Crippen LogP contribution in [0.5, 0.6) is 0 Å². The van der Waals surface area contributed by atoms with Crippen LogP contribution >= 0.6 is 0 Å². The zero-order valence-corrected chi connectivity index (χ0v) is 19.7. The molecule has 33 heavy (non-hydrogen) atoms. The molecule has 3 aromatic rings. The SMILES string of the molecule is Cc1ccc(NC(=O)c2ccc(NC3c4ccccc4C(=O)N3CCC(C)C)cc2)cc1C. The van der Waals surface area contributed by atoms with Gasteiger partial charge >= 0.3 is 0 Å². The molecule has 0 saturated carbocycles. The number of aryl methyl sites for hydroxylation is 2. The molecule has 1 unspecified atom stereocenters. The van der Waals surface area contributed by atoms with Crippen molar-refractivity contribution >= 4 is 23.2 Å². The van der Waals surface area contributed by atoms with Gasteiger partial charge in [-0.15, -0.1) is 0 Å². The molecule has 0 aliphatic carbocycles. The number of rotatable bonds is 7. The number of benzene rings is 3. The maximum Gasteiger partial charge on any atom is 0.256 e. The average molecular weight is 442 g/mol. The lowest BCUT2D eigenvalue weighted by Crippen LogP contribution is -2.33. The van der Waals surface area contributed by atoms with Crippen LogP contribution in [0.25, 0.3) is 0 Å². The Bertz CT molecular complexity index is 1170. The fraction of sp³-hybridized carbons (Fsp3) is 0.286. The van der Waals surface area contributed by atoms with Crippen LogP contribution in [0.4, 0.5) is 11.4 Å². The smallest absolute Gasteiger partial charge is 0.256 e. The molecule has 0 saturated heterocycles. The number of nitrogens with one attached hydrogen (secondary N) is 2. The number of anilines is 2. The molecule has 1 aliphatic rings. The van der Waals surface area contributed by atoms with Crippen LogP contribution in [0.2, 0.25) is 0 Å². The second-order valence-corrected chi connectivity index (χ2v) is 9.15. The van der Waals surface area contributed by atoms with Crippen molar-refractivity contribution in [3.05, 3.63) is 94.5 Å². The fourth-order valence-corrected chi connectivity index (χ4v) is 4.05. The first kappa shape index (κ1) is 22.6. The average Bonchev–Trinajstić information content (AvgIpc) is 3.06. The van der Waals surface area contributed by atoms with E-state index < -0.39 is 0 Å². The van der Waals surface area contributed by atoms with Crippen LogP contribution in [0, 0.1) is 19.8 Å². The molecule has 0 bridgehead atoms. The van der Waals surface area contributed by atoms with E-state index in [2.05, 4.69) is 24.5 Å². The van der Waals surface area contributed by atoms with Gasteiger partial charge in [0.2, 0.25) is 0 Å². The summed E-state index contributed by atoms with van der Waals surface area (Å²) in [5.74, 6) is 0.426. The Labute approximate surface area is 195 Å². The minimum absolute atomic E-state index is 0.0631. The van der Waals surface area contributed by atoms with Crippen LogP contribution in [0.1, 0.15) is 63.8 Å². The van der Waals surface area contributed by atoms with E-state index in [0.717, 1.165) is 34.5 Å². The van der Waals surface area contributed by atoms with Crippen LogP contribution < -0.4 is 10.6 Å². The van der Waals surface area contributed by atoms with Gasteiger partial charge in [-0.2, -0.15) is 0 Å². The summed E-state index contributed by atoms with van der Waals surface area (Å²) in [4.78, 5) is 27.6. The molecular weight excluding hydrogens is 410 g/mol. The molecule has 3 aromatic carbocycles. The predicted octanol–water partition coefficient (Wildman–Crippen LogP) is 6.17. The summed E-state index contributed by atoms with van der Waals surface area (Å²) in [5, 5.41) is 6.46. The number of carbonyl (C=O) groups excluding carboxylic acids is 2. The van der Waals surface area contributed by atoms with Gasteiger partial charge < -0.3 is 15.5 Å². The van der Waals surface area contributed by atoms with Crippen LogP contribution in [-0.4, -0.2) is 23.3 Å². The predicted molar refractivity (Wildman–Crippen MR) is 134 cm³/mol. The Morgan fingerprint density at radius 3 is 2.33 bits per heavy atom. The van der Waals surface area contributed by atoms with Gasteiger partial charge in [0.05, 0.1) is 0 Å². The Balaban J connectivity index is 1.49. The van der Waals surface area contributed by atoms with Gasteiger partial charge in [-0.05, 0) is 79.8 Å². The molecular formula is C28H31N3O2. The Hall–Kier alpha value is -3.60. The van der Waals surface area contributed by atoms with Crippen molar-refractivity contribution in [3.8, 4) is 0 Å². The number of amides is 2. The first-order chi connectivity index (χ1) is 15.8. The quantitative estimate of drug-likeness (QED) is 0.461. The highest BCUT2D eigenvalue weighted by atomic mass is 16.2. The summed E-state index contributed by atoms with van der Waals surface area (Å²) < 4.78 is 0. The van der Waals surface area contributed by atoms with Crippen molar-refractivity contribution in [2.75, 3.05) is 17.2 Å². The lowest BCUT2D eigenvalue weighted by Gasteiger charge is -2.28. The molecule has 1 heterocycles. The summed E-state index contributed by atoms with van der Waals surface area (Å²) in [6, 6.07) is 21.1. The summed E-state index contributed by atoms with van der Waals surface area (Å²) in [5.41, 5.74) is 6.30. The van der Waals surface area contributed by atoms with Crippen LogP contribution in [0.15, 0.2) is 66.7 Å². The van der Waals surface area contributed by atoms with E-state index in [1.165, 1.54) is 5.56 Å². The van der Waals surface area contributed by atoms with E-state index in [4.69, 9.17) is 0 Å². The van der Waals surface area contributed by atoms with E-state index in [1.54, 1.807) is 12.1 Å². The summed E-state index contributed by atoms with van der Waals surface area (Å²) in [6.07, 6.45) is 0.720. The Kier molecular flexibility index (Phi) is 6.50. The zero-order chi connectivity index (χ0) is 23.5. The topological polar surface area (TPSA) is 61.4 Å². The molecule has 5 nitrogen and oxygen atoms in total. The largest absolute Gasteiger partial charge is 0.361 e. The van der Waals surface area contributed by atoms with Gasteiger partial charge in [-0.3, -0.25) is 9.59 Å². The van der Waals surface area contributed by atoms with Crippen LogP contribution in [-0.2, 0) is 0 Å². The van der Waals surface area contributed by atoms with E-state index in [0.29, 0.717) is 18.0 Å². The van der Waals surface area contributed by atoms with E-state index in [1.807, 2.05) is 73.3 Å². The van der Waals surface area contributed by atoms with E-state index in [9.17, 15) is 9.59 Å². The molecule has 2 N–H and O–H groups in total. The molecule has 0 radical (unpaired) electrons. The van der Waals surface area contributed by atoms with E-state index in [-0.39, 0.29) is 18.0 Å². The fourth-order valence-electron chi connectivity index (χ4n) is 4.05. The molecule has 5 heteroatoms. The van der Waals surface area contributed by atoms with Crippen molar-refractivity contribution < 1.29 is 9.59 Å². The number of hydrogen-bond acceptors (Lipinski definition) is 3. The maximum atomic E-state index is 13.0. The molecule has 2 amide bonds. The highest BCUT2D eigenvalue weighted by Gasteiger charge is 2.36. The first-order valence-electron chi connectivity index (χ1n) is 11.5. The van der Waals surface area contributed by atoms with Crippen molar-refractivity contribution in [1.29, 1.82) is 0 Å². The van der Waals surface area contributed by atoms with Crippen LogP contribution in [0.3, 0.4) is 0 Å². The minimum Gasteiger partial charge on any atom is -0.361 e. The third kappa shape index (κ3) is 4.92. The number of carbonyl (C=O) groups is 2. The lowest BCUT2D eigenvalue weighted by molar-refractivity contribution is 0.0734. The molecule has 1 atom stereocenters. The summed E-state index contributed by atoms with van der Waals surface area (Å²) in [7, 11) is 0. The van der Waals surface area contributed by atoms with E-state index >= 15 is 0 Å². The molecule has 0 spiro atoms. The van der Waals surface area contributed by atoms with Crippen molar-refractivity contribution in [2.24, 2.45) is 5.92 Å². The normalized spacial score (nSPS) is 15.0. The monoisotopic (exact) mass is 441 g/mol. The lowest BCUT2D eigenvalue weighted by atomic mass is 10.1. The van der Waals surface area contributed by atoms with Gasteiger partial charge in [-0.25, -0.2) is 0 Å². The number of nitrogens with zero attached hydrogens (tertiary/aromatic N) is 1. The molecule has 170 valence electrons. The third-order valence-corrected chi connectivity index (χ3v) is 6.22. The summed E-state index contributed by atoms with van der Waals surface area (Å²) >= 11 is 0. The van der Waals surface area contributed by atoms with Gasteiger partial charge in [0.15, 0.2) is 0 Å². The molecule has 1 aliphatic heterocycles. The second-order valence-electron chi connectivity index (χ2n) is 9.15. The second kappa shape index (κ2) is 9.49. The summed E-state index contributed by atoms with van der Waals surface area (Å²) in [6.45, 7) is 9.10. The van der Waals surface area contributed by atoms with Crippen molar-refractivity contribution in [1.82, 2.24) is 4.90 Å². The highest BCUT2D eigenvalue weighted by molar-refractivity contribution is 6.04. The first-order valence-corrected chi connectivity index (χ1v) is 11.5. The van der Waals surface area contributed by atoms with Gasteiger partial charge in [0, 0.05) is 34.6 Å². The zero-order valence-electron chi connectivity index (χ0n) is 19.7. The Morgan fingerprint density at radius 1 is 0.939 bits per heavy atom. The van der Waals surface area contributed by atoms with Gasteiger partial charge in [0.1, 0.15) is 6.17 Å². The highest BCUT2D eigenvalue weighted by Crippen LogP contribution is 2.34. The number of hydrogen-bond donors (Lipinski definition) is 2. The third-order valence-electron chi connectivity index (χ3n) is 6.22.